The number of nitrogens with zero attached hydrogens (tertiary/aromatic N) is 2. The molecule has 4 rings (SSSR count). The molecule has 2 aromatic heterocycles. The number of thiocarbonyl (C=S) groups is 1. The second kappa shape index (κ2) is 9.04. The fourth-order valence-corrected chi connectivity index (χ4v) is 4.21. The van der Waals surface area contributed by atoms with Gasteiger partial charge in [-0.25, -0.2) is 0 Å². The molecule has 0 saturated carbocycles. The van der Waals surface area contributed by atoms with E-state index in [9.17, 15) is 0 Å². The Balaban J connectivity index is 1.70. The van der Waals surface area contributed by atoms with Crippen LogP contribution in [-0.4, -0.2) is 35.4 Å². The second-order valence-electron chi connectivity index (χ2n) is 7.05. The van der Waals surface area contributed by atoms with Crippen LogP contribution in [0, 0.1) is 6.92 Å². The number of hydrogen-bond acceptors (Lipinski definition) is 4. The fraction of sp³-hybridized carbons (Fsp3) is 0.273. The summed E-state index contributed by atoms with van der Waals surface area (Å²) in [6.07, 6.45) is 1.79. The molecule has 3 aromatic rings. The third-order valence-corrected chi connectivity index (χ3v) is 5.62. The van der Waals surface area contributed by atoms with Crippen molar-refractivity contribution in [3.05, 3.63) is 76.8 Å². The molecular weight excluding hydrogens is 420 g/mol. The number of benzene rings is 1. The van der Waals surface area contributed by atoms with E-state index in [1.54, 1.807) is 13.3 Å². The molecule has 6 nitrogen and oxygen atoms in total. The third-order valence-electron chi connectivity index (χ3n) is 5.01. The minimum Gasteiger partial charge on any atom is -0.490 e. The third kappa shape index (κ3) is 4.14. The van der Waals surface area contributed by atoms with Crippen molar-refractivity contribution in [1.29, 1.82) is 0 Å². The summed E-state index contributed by atoms with van der Waals surface area (Å²) in [5, 5.41) is 4.58. The Morgan fingerprint density at radius 3 is 2.70 bits per heavy atom. The summed E-state index contributed by atoms with van der Waals surface area (Å²) in [7, 11) is 1.63. The molecular formula is C22H23ClN4O2S. The molecule has 156 valence electrons. The van der Waals surface area contributed by atoms with Gasteiger partial charge in [-0.3, -0.25) is 4.98 Å². The van der Waals surface area contributed by atoms with Crippen LogP contribution >= 0.6 is 23.8 Å². The molecule has 0 spiro atoms. The SMILES string of the molecule is COCCOc1ccc(N2C(=S)N[C@H](c3ccccn3)[C@@H]2c2ccc(C)[nH]2)cc1Cl. The summed E-state index contributed by atoms with van der Waals surface area (Å²) < 4.78 is 10.7. The molecule has 0 bridgehead atoms. The van der Waals surface area contributed by atoms with Crippen molar-refractivity contribution in [2.45, 2.75) is 19.0 Å². The minimum atomic E-state index is -0.104. The van der Waals surface area contributed by atoms with Gasteiger partial charge in [0.2, 0.25) is 0 Å². The Morgan fingerprint density at radius 2 is 2.03 bits per heavy atom. The van der Waals surface area contributed by atoms with E-state index in [2.05, 4.69) is 32.3 Å². The number of aryl methyl sites for hydroxylation is 1. The molecule has 1 saturated heterocycles. The zero-order chi connectivity index (χ0) is 21.1. The molecule has 3 heterocycles. The number of pyridine rings is 1. The number of methoxy groups -OCH3 is 1. The molecule has 8 heteroatoms. The summed E-state index contributed by atoms with van der Waals surface area (Å²) in [5.41, 5.74) is 3.94. The first kappa shape index (κ1) is 20.7. The maximum atomic E-state index is 6.51. The molecule has 0 aliphatic carbocycles. The number of hydrogen-bond donors (Lipinski definition) is 2. The van der Waals surface area contributed by atoms with Crippen LogP contribution in [0.5, 0.6) is 5.75 Å². The first-order chi connectivity index (χ1) is 14.6. The molecule has 0 amide bonds. The molecule has 0 unspecified atom stereocenters. The Bertz CT molecular complexity index is 1030. The average Bonchev–Trinajstić information content (AvgIpc) is 3.33. The zero-order valence-corrected chi connectivity index (χ0v) is 18.3. The number of aromatic amines is 1. The van der Waals surface area contributed by atoms with E-state index in [-0.39, 0.29) is 12.1 Å². The van der Waals surface area contributed by atoms with E-state index in [1.807, 2.05) is 43.3 Å². The molecule has 2 N–H and O–H groups in total. The Kier molecular flexibility index (Phi) is 6.22. The topological polar surface area (TPSA) is 62.4 Å². The highest BCUT2D eigenvalue weighted by atomic mass is 35.5. The highest BCUT2D eigenvalue weighted by Crippen LogP contribution is 2.42. The van der Waals surface area contributed by atoms with Crippen molar-refractivity contribution in [2.75, 3.05) is 25.2 Å². The van der Waals surface area contributed by atoms with Crippen LogP contribution in [0.25, 0.3) is 0 Å². The number of halogens is 1. The smallest absolute Gasteiger partial charge is 0.174 e. The van der Waals surface area contributed by atoms with Crippen molar-refractivity contribution < 1.29 is 9.47 Å². The van der Waals surface area contributed by atoms with E-state index in [4.69, 9.17) is 33.3 Å². The number of anilines is 1. The van der Waals surface area contributed by atoms with Gasteiger partial charge in [-0.1, -0.05) is 17.7 Å². The van der Waals surface area contributed by atoms with E-state index in [0.717, 1.165) is 22.8 Å². The molecule has 1 aliphatic rings. The molecule has 0 radical (unpaired) electrons. The Morgan fingerprint density at radius 1 is 1.17 bits per heavy atom. The minimum absolute atomic E-state index is 0.0996. The number of nitrogens with one attached hydrogen (secondary N) is 2. The van der Waals surface area contributed by atoms with Crippen LogP contribution in [0.15, 0.2) is 54.7 Å². The second-order valence-corrected chi connectivity index (χ2v) is 7.84. The lowest BCUT2D eigenvalue weighted by Gasteiger charge is -2.27. The van der Waals surface area contributed by atoms with Crippen molar-refractivity contribution >= 4 is 34.6 Å². The normalized spacial score (nSPS) is 18.5. The van der Waals surface area contributed by atoms with Gasteiger partial charge in [0.25, 0.3) is 0 Å². The van der Waals surface area contributed by atoms with Crippen molar-refractivity contribution in [3.63, 3.8) is 0 Å². The van der Waals surface area contributed by atoms with Gasteiger partial charge in [-0.15, -0.1) is 0 Å². The number of rotatable bonds is 7. The van der Waals surface area contributed by atoms with Gasteiger partial charge in [0.1, 0.15) is 18.4 Å². The van der Waals surface area contributed by atoms with Gasteiger partial charge >= 0.3 is 0 Å². The van der Waals surface area contributed by atoms with Crippen LogP contribution in [0.3, 0.4) is 0 Å². The van der Waals surface area contributed by atoms with E-state index >= 15 is 0 Å². The van der Waals surface area contributed by atoms with Crippen LogP contribution in [0.4, 0.5) is 5.69 Å². The molecule has 30 heavy (non-hydrogen) atoms. The standard InChI is InChI=1S/C22H23ClN4O2S/c1-14-6-8-18(25-14)21-20(17-5-3-4-10-24-17)26-22(30)27(21)15-7-9-19(16(23)13-15)29-12-11-28-2/h3-10,13,20-21,25H,11-12H2,1-2H3,(H,26,30)/t20-,21+/m1/s1. The van der Waals surface area contributed by atoms with Crippen LogP contribution in [-0.2, 0) is 4.74 Å². The summed E-state index contributed by atoms with van der Waals surface area (Å²) in [6.45, 7) is 2.97. The van der Waals surface area contributed by atoms with E-state index in [0.29, 0.717) is 29.1 Å². The maximum Gasteiger partial charge on any atom is 0.174 e. The van der Waals surface area contributed by atoms with Gasteiger partial charge in [0.15, 0.2) is 5.11 Å². The lowest BCUT2D eigenvalue weighted by molar-refractivity contribution is 0.146. The molecule has 1 fully saturated rings. The summed E-state index contributed by atoms with van der Waals surface area (Å²) >= 11 is 12.2. The molecule has 1 aromatic carbocycles. The average molecular weight is 443 g/mol. The number of ether oxygens (including phenoxy) is 2. The van der Waals surface area contributed by atoms with Crippen molar-refractivity contribution in [1.82, 2.24) is 15.3 Å². The van der Waals surface area contributed by atoms with E-state index < -0.39 is 0 Å². The first-order valence-corrected chi connectivity index (χ1v) is 10.4. The van der Waals surface area contributed by atoms with Gasteiger partial charge in [-0.05, 0) is 61.6 Å². The summed E-state index contributed by atoms with van der Waals surface area (Å²) in [4.78, 5) is 10.1. The van der Waals surface area contributed by atoms with Crippen LogP contribution in [0.2, 0.25) is 5.02 Å². The van der Waals surface area contributed by atoms with Gasteiger partial charge in [0, 0.05) is 30.4 Å². The predicted molar refractivity (Wildman–Crippen MR) is 122 cm³/mol. The lowest BCUT2D eigenvalue weighted by atomic mass is 10.0. The van der Waals surface area contributed by atoms with Gasteiger partial charge in [0.05, 0.1) is 23.4 Å². The molecule has 1 aliphatic heterocycles. The Hall–Kier alpha value is -2.61. The van der Waals surface area contributed by atoms with Gasteiger partial charge < -0.3 is 24.7 Å². The quantitative estimate of drug-likeness (QED) is 0.412. The summed E-state index contributed by atoms with van der Waals surface area (Å²) in [6, 6.07) is 15.5. The largest absolute Gasteiger partial charge is 0.490 e. The Labute approximate surface area is 186 Å². The number of H-pyrrole nitrogens is 1. The van der Waals surface area contributed by atoms with Crippen LogP contribution < -0.4 is 15.0 Å². The number of aromatic nitrogens is 2. The summed E-state index contributed by atoms with van der Waals surface area (Å²) in [5.74, 6) is 0.615. The first-order valence-electron chi connectivity index (χ1n) is 9.66. The zero-order valence-electron chi connectivity index (χ0n) is 16.8. The maximum absolute atomic E-state index is 6.51. The van der Waals surface area contributed by atoms with Crippen molar-refractivity contribution in [2.24, 2.45) is 0 Å². The van der Waals surface area contributed by atoms with Crippen molar-refractivity contribution in [3.8, 4) is 5.75 Å². The van der Waals surface area contributed by atoms with Gasteiger partial charge in [-0.2, -0.15) is 0 Å². The molecule has 2 atom stereocenters. The monoisotopic (exact) mass is 442 g/mol. The van der Waals surface area contributed by atoms with Crippen LogP contribution in [0.1, 0.15) is 29.2 Å². The van der Waals surface area contributed by atoms with E-state index in [1.165, 1.54) is 0 Å². The highest BCUT2D eigenvalue weighted by molar-refractivity contribution is 7.80. The fourth-order valence-electron chi connectivity index (χ4n) is 3.64. The highest BCUT2D eigenvalue weighted by Gasteiger charge is 2.41. The predicted octanol–water partition coefficient (Wildman–Crippen LogP) is 4.57. The lowest BCUT2D eigenvalue weighted by Crippen LogP contribution is -2.29.